The third-order valence-electron chi connectivity index (χ3n) is 7.56. The van der Waals surface area contributed by atoms with E-state index in [1.807, 2.05) is 17.0 Å². The van der Waals surface area contributed by atoms with Crippen molar-refractivity contribution in [2.24, 2.45) is 0 Å². The van der Waals surface area contributed by atoms with Crippen molar-refractivity contribution in [2.75, 3.05) is 11.5 Å². The van der Waals surface area contributed by atoms with Gasteiger partial charge in [0.05, 0.1) is 18.0 Å². The third-order valence-corrected chi connectivity index (χ3v) is 8.41. The quantitative estimate of drug-likeness (QED) is 0.108. The van der Waals surface area contributed by atoms with E-state index >= 15 is 0 Å². The maximum atomic E-state index is 12.8. The Kier molecular flexibility index (Phi) is 14.3. The summed E-state index contributed by atoms with van der Waals surface area (Å²) in [6.45, 7) is 10.2. The first-order valence-electron chi connectivity index (χ1n) is 15.5. The van der Waals surface area contributed by atoms with E-state index in [-0.39, 0.29) is 5.91 Å². The van der Waals surface area contributed by atoms with Crippen molar-refractivity contribution in [3.05, 3.63) is 75.7 Å². The predicted octanol–water partition coefficient (Wildman–Crippen LogP) is 9.33. The van der Waals surface area contributed by atoms with Crippen LogP contribution in [0.15, 0.2) is 54.2 Å². The standard InChI is InChI=1S/C35H51N2O2S/c1-5-6-7-8-9-10-11-12-13-14-15-16-23-39-35-29(2)19-17-21-33(35)27-37(31(4)38)34-22-18-20-32(24-34)26-36-25-30(3)40-28-36/h17-22,24-25,28H,5-16,23,26-27H2,1-4H3/q+1. The second kappa shape index (κ2) is 17.9. The maximum absolute atomic E-state index is 12.8. The normalized spacial score (nSPS) is 11.1. The fourth-order valence-corrected chi connectivity index (χ4v) is 5.91. The van der Waals surface area contributed by atoms with E-state index in [0.29, 0.717) is 6.54 Å². The zero-order valence-corrected chi connectivity index (χ0v) is 26.2. The molecular weight excluding hydrogens is 512 g/mol. The number of carbonyl (C=O) groups is 1. The van der Waals surface area contributed by atoms with Crippen molar-refractivity contribution < 1.29 is 14.1 Å². The van der Waals surface area contributed by atoms with Gasteiger partial charge in [-0.2, -0.15) is 4.57 Å². The summed E-state index contributed by atoms with van der Waals surface area (Å²) >= 11 is 1.75. The molecule has 1 aromatic heterocycles. The molecule has 0 bridgehead atoms. The SMILES string of the molecule is CCCCCCCCCCCCCCOc1c(C)cccc1CN(C(C)=O)c1cccc(C[n+]2csc(C)c2)c1. The number of amides is 1. The Balaban J connectivity index is 1.48. The Hall–Kier alpha value is -2.66. The van der Waals surface area contributed by atoms with Crippen LogP contribution in [-0.2, 0) is 17.9 Å². The Morgan fingerprint density at radius 2 is 1.52 bits per heavy atom. The van der Waals surface area contributed by atoms with Crippen molar-refractivity contribution in [3.63, 3.8) is 0 Å². The van der Waals surface area contributed by atoms with Crippen LogP contribution < -0.4 is 14.2 Å². The van der Waals surface area contributed by atoms with Crippen LogP contribution >= 0.6 is 11.3 Å². The average molecular weight is 564 g/mol. The van der Waals surface area contributed by atoms with E-state index in [1.54, 1.807) is 18.3 Å². The smallest absolute Gasteiger partial charge is 0.225 e. The number of para-hydroxylation sites is 1. The van der Waals surface area contributed by atoms with Gasteiger partial charge in [-0.25, -0.2) is 0 Å². The number of hydrogen-bond donors (Lipinski definition) is 0. The minimum Gasteiger partial charge on any atom is -0.493 e. The van der Waals surface area contributed by atoms with Crippen LogP contribution in [0.1, 0.15) is 112 Å². The van der Waals surface area contributed by atoms with Gasteiger partial charge in [0.1, 0.15) is 5.75 Å². The maximum Gasteiger partial charge on any atom is 0.225 e. The van der Waals surface area contributed by atoms with Crippen molar-refractivity contribution in [1.82, 2.24) is 0 Å². The minimum absolute atomic E-state index is 0.0320. The Bertz CT molecular complexity index is 1160. The van der Waals surface area contributed by atoms with E-state index in [2.05, 4.69) is 67.4 Å². The molecule has 1 amide bonds. The van der Waals surface area contributed by atoms with Gasteiger partial charge in [0.2, 0.25) is 11.4 Å². The summed E-state index contributed by atoms with van der Waals surface area (Å²) in [5.74, 6) is 0.960. The molecule has 0 unspecified atom stereocenters. The molecule has 0 radical (unpaired) electrons. The van der Waals surface area contributed by atoms with Crippen LogP contribution in [0.3, 0.4) is 0 Å². The molecule has 0 saturated heterocycles. The summed E-state index contributed by atoms with van der Waals surface area (Å²) in [5, 5.41) is 0. The van der Waals surface area contributed by atoms with E-state index in [1.165, 1.54) is 81.1 Å². The highest BCUT2D eigenvalue weighted by Crippen LogP contribution is 2.28. The summed E-state index contributed by atoms with van der Waals surface area (Å²) < 4.78 is 8.53. The van der Waals surface area contributed by atoms with E-state index in [0.717, 1.165) is 42.1 Å². The average Bonchev–Trinajstić information content (AvgIpc) is 3.35. The summed E-state index contributed by atoms with van der Waals surface area (Å²) in [7, 11) is 0. The number of anilines is 1. The number of thiazole rings is 1. The van der Waals surface area contributed by atoms with Crippen molar-refractivity contribution >= 4 is 22.9 Å². The number of unbranched alkanes of at least 4 members (excludes halogenated alkanes) is 11. The lowest BCUT2D eigenvalue weighted by Gasteiger charge is -2.24. The number of rotatable bonds is 19. The van der Waals surface area contributed by atoms with Gasteiger partial charge < -0.3 is 9.64 Å². The molecule has 0 N–H and O–H groups in total. The molecule has 1 heterocycles. The molecule has 0 fully saturated rings. The van der Waals surface area contributed by atoms with Gasteiger partial charge >= 0.3 is 0 Å². The fourth-order valence-electron chi connectivity index (χ4n) is 5.28. The summed E-state index contributed by atoms with van der Waals surface area (Å²) in [4.78, 5) is 15.9. The molecule has 218 valence electrons. The molecule has 0 saturated carbocycles. The lowest BCUT2D eigenvalue weighted by Crippen LogP contribution is -2.31. The van der Waals surface area contributed by atoms with Crippen molar-refractivity contribution in [2.45, 2.75) is 118 Å². The van der Waals surface area contributed by atoms with Gasteiger partial charge in [0, 0.05) is 23.7 Å². The summed E-state index contributed by atoms with van der Waals surface area (Å²) in [6, 6.07) is 14.6. The lowest BCUT2D eigenvalue weighted by atomic mass is 10.1. The zero-order valence-electron chi connectivity index (χ0n) is 25.4. The van der Waals surface area contributed by atoms with Crippen molar-refractivity contribution in [3.8, 4) is 5.75 Å². The number of ether oxygens (including phenoxy) is 1. The Morgan fingerprint density at radius 3 is 2.15 bits per heavy atom. The molecule has 2 aromatic carbocycles. The monoisotopic (exact) mass is 563 g/mol. The molecule has 0 aliphatic carbocycles. The van der Waals surface area contributed by atoms with Gasteiger partial charge in [-0.1, -0.05) is 119 Å². The van der Waals surface area contributed by atoms with E-state index in [4.69, 9.17) is 4.74 Å². The summed E-state index contributed by atoms with van der Waals surface area (Å²) in [5.41, 5.74) is 6.42. The van der Waals surface area contributed by atoms with Crippen LogP contribution in [0.25, 0.3) is 0 Å². The summed E-state index contributed by atoms with van der Waals surface area (Å²) in [6.07, 6.45) is 18.2. The van der Waals surface area contributed by atoms with E-state index < -0.39 is 0 Å². The molecular formula is C35H51N2O2S+. The van der Waals surface area contributed by atoms with Gasteiger partial charge in [0.25, 0.3) is 0 Å². The molecule has 0 atom stereocenters. The van der Waals surface area contributed by atoms with Crippen LogP contribution in [0, 0.1) is 13.8 Å². The second-order valence-corrected chi connectivity index (χ2v) is 12.3. The fraction of sp³-hybridized carbons (Fsp3) is 0.543. The molecule has 3 aromatic rings. The van der Waals surface area contributed by atoms with Crippen molar-refractivity contribution in [1.29, 1.82) is 0 Å². The topological polar surface area (TPSA) is 33.4 Å². The molecule has 0 spiro atoms. The van der Waals surface area contributed by atoms with Crippen LogP contribution in [0.2, 0.25) is 0 Å². The van der Waals surface area contributed by atoms with Crippen LogP contribution in [0.4, 0.5) is 5.69 Å². The molecule has 4 nitrogen and oxygen atoms in total. The third kappa shape index (κ3) is 11.1. The van der Waals surface area contributed by atoms with Gasteiger partial charge in [-0.3, -0.25) is 4.79 Å². The van der Waals surface area contributed by atoms with Crippen LogP contribution in [-0.4, -0.2) is 12.5 Å². The molecule has 40 heavy (non-hydrogen) atoms. The number of aryl methyl sites for hydroxylation is 2. The zero-order chi connectivity index (χ0) is 28.6. The Morgan fingerprint density at radius 1 is 0.875 bits per heavy atom. The minimum atomic E-state index is 0.0320. The van der Waals surface area contributed by atoms with Gasteiger partial charge in [-0.15, -0.1) is 0 Å². The molecule has 5 heteroatoms. The number of benzene rings is 2. The number of aromatic nitrogens is 1. The largest absolute Gasteiger partial charge is 0.493 e. The number of hydrogen-bond acceptors (Lipinski definition) is 3. The van der Waals surface area contributed by atoms with Crippen LogP contribution in [0.5, 0.6) is 5.75 Å². The van der Waals surface area contributed by atoms with Gasteiger partial charge in [-0.05, 0) is 38.0 Å². The Labute approximate surface area is 247 Å². The first kappa shape index (κ1) is 31.9. The highest BCUT2D eigenvalue weighted by atomic mass is 32.1. The molecule has 3 rings (SSSR count). The number of carbonyl (C=O) groups excluding carboxylic acids is 1. The first-order valence-corrected chi connectivity index (χ1v) is 16.4. The second-order valence-electron chi connectivity index (χ2n) is 11.2. The lowest BCUT2D eigenvalue weighted by molar-refractivity contribution is -0.683. The molecule has 0 aliphatic heterocycles. The predicted molar refractivity (Wildman–Crippen MR) is 169 cm³/mol. The molecule has 0 aliphatic rings. The van der Waals surface area contributed by atoms with E-state index in [9.17, 15) is 4.79 Å². The highest BCUT2D eigenvalue weighted by molar-refractivity contribution is 7.09. The first-order chi connectivity index (χ1) is 19.5. The van der Waals surface area contributed by atoms with Gasteiger partial charge in [0.15, 0.2) is 12.7 Å². The number of nitrogens with zero attached hydrogens (tertiary/aromatic N) is 2. The highest BCUT2D eigenvalue weighted by Gasteiger charge is 2.17.